The van der Waals surface area contributed by atoms with Gasteiger partial charge in [-0.1, -0.05) is 0 Å². The van der Waals surface area contributed by atoms with Crippen LogP contribution in [0.3, 0.4) is 0 Å². The SMILES string of the molecule is CN(C)CCC[N]1[Sn][N](CCCN(C)C)c2ccccc21. The number of anilines is 2. The van der Waals surface area contributed by atoms with Gasteiger partial charge < -0.3 is 0 Å². The van der Waals surface area contributed by atoms with Crippen LogP contribution in [0.25, 0.3) is 0 Å². The van der Waals surface area contributed by atoms with Gasteiger partial charge in [-0.2, -0.15) is 0 Å². The molecule has 5 heteroatoms. The van der Waals surface area contributed by atoms with Gasteiger partial charge in [0.15, 0.2) is 0 Å². The number of hydrogen-bond donors (Lipinski definition) is 0. The molecule has 1 heterocycles. The summed E-state index contributed by atoms with van der Waals surface area (Å²) in [4.78, 5) is 4.56. The standard InChI is InChI=1S/C16H28N4.Sn/c1-19(2)13-7-11-17-15-9-5-6-10-16(15)18-12-8-14-20(3)4;/h5-6,9-10H,7-8,11-14H2,1-4H3;/q-2;+2. The monoisotopic (exact) mass is 396 g/mol. The fourth-order valence-electron chi connectivity index (χ4n) is 2.61. The van der Waals surface area contributed by atoms with Crippen LogP contribution in [-0.2, 0) is 0 Å². The van der Waals surface area contributed by atoms with Gasteiger partial charge in [0.25, 0.3) is 0 Å². The summed E-state index contributed by atoms with van der Waals surface area (Å²) < 4.78 is 5.38. The first-order chi connectivity index (χ1) is 10.1. The number of fused-ring (bicyclic) bond motifs is 1. The summed E-state index contributed by atoms with van der Waals surface area (Å²) in [6.45, 7) is 4.79. The molecule has 0 amide bonds. The van der Waals surface area contributed by atoms with Crippen molar-refractivity contribution in [2.45, 2.75) is 12.8 Å². The Morgan fingerprint density at radius 2 is 1.24 bits per heavy atom. The summed E-state index contributed by atoms with van der Waals surface area (Å²) in [6.07, 6.45) is 2.52. The fraction of sp³-hybridized carbons (Fsp3) is 0.625. The van der Waals surface area contributed by atoms with Crippen molar-refractivity contribution in [2.75, 3.05) is 60.6 Å². The molecule has 4 nitrogen and oxygen atoms in total. The van der Waals surface area contributed by atoms with E-state index in [0.717, 1.165) is 0 Å². The van der Waals surface area contributed by atoms with Crippen molar-refractivity contribution in [3.63, 3.8) is 0 Å². The summed E-state index contributed by atoms with van der Waals surface area (Å²) in [6, 6.07) is 8.97. The molecule has 0 atom stereocenters. The summed E-state index contributed by atoms with van der Waals surface area (Å²) >= 11 is -0.652. The Morgan fingerprint density at radius 3 is 1.62 bits per heavy atom. The van der Waals surface area contributed by atoms with Crippen molar-refractivity contribution in [2.24, 2.45) is 0 Å². The molecule has 0 aromatic heterocycles. The third kappa shape index (κ3) is 5.04. The van der Waals surface area contributed by atoms with Crippen molar-refractivity contribution < 1.29 is 0 Å². The Kier molecular flexibility index (Phi) is 6.64. The van der Waals surface area contributed by atoms with E-state index in [1.54, 1.807) is 0 Å². The van der Waals surface area contributed by atoms with Crippen LogP contribution in [0.1, 0.15) is 12.8 Å². The summed E-state index contributed by atoms with van der Waals surface area (Å²) in [5.74, 6) is 0. The Balaban J connectivity index is 1.93. The summed E-state index contributed by atoms with van der Waals surface area (Å²) in [7, 11) is 8.63. The molecule has 1 aromatic carbocycles. The van der Waals surface area contributed by atoms with E-state index in [1.165, 1.54) is 50.4 Å². The second kappa shape index (κ2) is 8.24. The molecule has 0 saturated carbocycles. The third-order valence-corrected chi connectivity index (χ3v) is 7.71. The van der Waals surface area contributed by atoms with Crippen LogP contribution in [0.5, 0.6) is 0 Å². The van der Waals surface area contributed by atoms with E-state index in [-0.39, 0.29) is 0 Å². The van der Waals surface area contributed by atoms with Crippen molar-refractivity contribution >= 4 is 33.1 Å². The number of para-hydroxylation sites is 2. The normalized spacial score (nSPS) is 14.4. The van der Waals surface area contributed by atoms with Gasteiger partial charge in [0.2, 0.25) is 0 Å². The number of hydrogen-bond acceptors (Lipinski definition) is 4. The molecule has 0 fully saturated rings. The van der Waals surface area contributed by atoms with Gasteiger partial charge in [-0.15, -0.1) is 0 Å². The molecular weight excluding hydrogens is 367 g/mol. The van der Waals surface area contributed by atoms with Gasteiger partial charge in [-0.25, -0.2) is 0 Å². The molecule has 0 spiro atoms. The van der Waals surface area contributed by atoms with Gasteiger partial charge >= 0.3 is 141 Å². The molecule has 1 aromatic rings. The number of nitrogens with zero attached hydrogens (tertiary/aromatic N) is 4. The van der Waals surface area contributed by atoms with Crippen molar-refractivity contribution in [3.8, 4) is 0 Å². The van der Waals surface area contributed by atoms with Gasteiger partial charge in [-0.05, 0) is 0 Å². The predicted octanol–water partition coefficient (Wildman–Crippen LogP) is 1.75. The molecule has 116 valence electrons. The van der Waals surface area contributed by atoms with Crippen molar-refractivity contribution in [1.29, 1.82) is 0 Å². The molecule has 0 N–H and O–H groups in total. The van der Waals surface area contributed by atoms with Crippen molar-refractivity contribution in [3.05, 3.63) is 24.3 Å². The maximum atomic E-state index is 2.69. The topological polar surface area (TPSA) is 13.0 Å². The average Bonchev–Trinajstić information content (AvgIpc) is 2.77. The molecule has 1 aliphatic rings. The molecule has 0 unspecified atom stereocenters. The first-order valence-corrected chi connectivity index (χ1v) is 10.3. The minimum absolute atomic E-state index is 0.652. The van der Waals surface area contributed by atoms with Crippen LogP contribution in [0.15, 0.2) is 24.3 Å². The fourth-order valence-corrected chi connectivity index (χ4v) is 6.60. The Morgan fingerprint density at radius 1 is 0.810 bits per heavy atom. The third-order valence-electron chi connectivity index (χ3n) is 3.68. The zero-order chi connectivity index (χ0) is 15.2. The maximum absolute atomic E-state index is 2.69. The summed E-state index contributed by atoms with van der Waals surface area (Å²) in [5.41, 5.74) is 2.96. The molecule has 21 heavy (non-hydrogen) atoms. The van der Waals surface area contributed by atoms with Gasteiger partial charge in [0.05, 0.1) is 0 Å². The van der Waals surface area contributed by atoms with E-state index in [9.17, 15) is 0 Å². The van der Waals surface area contributed by atoms with Crippen LogP contribution in [-0.4, -0.2) is 85.9 Å². The van der Waals surface area contributed by atoms with Crippen molar-refractivity contribution in [1.82, 2.24) is 9.80 Å². The zero-order valence-corrected chi connectivity index (χ0v) is 16.7. The Bertz CT molecular complexity index is 397. The van der Waals surface area contributed by atoms with Crippen LogP contribution < -0.4 is 6.24 Å². The zero-order valence-electron chi connectivity index (χ0n) is 13.8. The predicted molar refractivity (Wildman–Crippen MR) is 93.2 cm³/mol. The molecule has 0 bridgehead atoms. The molecule has 0 saturated heterocycles. The number of benzene rings is 1. The van der Waals surface area contributed by atoms with Crippen LogP contribution in [0, 0.1) is 0 Å². The van der Waals surface area contributed by atoms with Crippen LogP contribution >= 0.6 is 0 Å². The number of rotatable bonds is 8. The van der Waals surface area contributed by atoms with E-state index in [2.05, 4.69) is 68.5 Å². The summed E-state index contributed by atoms with van der Waals surface area (Å²) in [5, 5.41) is 0. The first kappa shape index (κ1) is 16.9. The van der Waals surface area contributed by atoms with E-state index < -0.39 is 21.7 Å². The quantitative estimate of drug-likeness (QED) is 0.622. The van der Waals surface area contributed by atoms with E-state index in [1.807, 2.05) is 0 Å². The molecule has 2 radical (unpaired) electrons. The molecule has 0 aliphatic carbocycles. The second-order valence-electron chi connectivity index (χ2n) is 6.21. The second-order valence-corrected chi connectivity index (χ2v) is 9.86. The van der Waals surface area contributed by atoms with Crippen LogP contribution in [0.2, 0.25) is 0 Å². The van der Waals surface area contributed by atoms with Crippen LogP contribution in [0.4, 0.5) is 11.4 Å². The average molecular weight is 395 g/mol. The minimum atomic E-state index is -0.652. The van der Waals surface area contributed by atoms with Gasteiger partial charge in [0, 0.05) is 0 Å². The first-order valence-electron chi connectivity index (χ1n) is 7.78. The Hall–Kier alpha value is -0.461. The van der Waals surface area contributed by atoms with Gasteiger partial charge in [-0.3, -0.25) is 0 Å². The van der Waals surface area contributed by atoms with E-state index >= 15 is 0 Å². The Labute approximate surface area is 140 Å². The van der Waals surface area contributed by atoms with E-state index in [4.69, 9.17) is 0 Å². The molecule has 1 aliphatic heterocycles. The molecule has 2 rings (SSSR count). The van der Waals surface area contributed by atoms with Gasteiger partial charge in [0.1, 0.15) is 0 Å². The molecular formula is C16H28N4Sn. The van der Waals surface area contributed by atoms with E-state index in [0.29, 0.717) is 0 Å².